The molecule has 0 aromatic heterocycles. The van der Waals surface area contributed by atoms with E-state index >= 15 is 0 Å². The molecular formula is C19H31N3O4S2. The number of fused-ring (bicyclic) bond motifs is 3. The Hall–Kier alpha value is -1.00. The van der Waals surface area contributed by atoms with Gasteiger partial charge in [-0.15, -0.1) is 0 Å². The van der Waals surface area contributed by atoms with Crippen LogP contribution >= 0.6 is 0 Å². The van der Waals surface area contributed by atoms with Crippen LogP contribution in [0.1, 0.15) is 43.4 Å². The second kappa shape index (κ2) is 8.79. The van der Waals surface area contributed by atoms with Gasteiger partial charge in [0, 0.05) is 38.3 Å². The Kier molecular flexibility index (Phi) is 6.81. The van der Waals surface area contributed by atoms with E-state index in [9.17, 15) is 16.8 Å². The van der Waals surface area contributed by atoms with E-state index in [1.165, 1.54) is 11.1 Å². The third kappa shape index (κ3) is 5.13. The second-order valence-electron chi connectivity index (χ2n) is 7.77. The van der Waals surface area contributed by atoms with Crippen molar-refractivity contribution >= 4 is 20.0 Å². The molecule has 2 aliphatic rings. The summed E-state index contributed by atoms with van der Waals surface area (Å²) in [6.07, 6.45) is 4.20. The molecule has 7 nitrogen and oxygen atoms in total. The van der Waals surface area contributed by atoms with Crippen molar-refractivity contribution in [3.05, 3.63) is 35.4 Å². The van der Waals surface area contributed by atoms with Crippen molar-refractivity contribution in [3.8, 4) is 0 Å². The molecule has 1 fully saturated rings. The Morgan fingerprint density at radius 3 is 2.64 bits per heavy atom. The molecule has 1 saturated heterocycles. The third-order valence-corrected chi connectivity index (χ3v) is 8.54. The maximum Gasteiger partial charge on any atom is 0.214 e. The number of nitrogens with zero attached hydrogens (tertiary/aromatic N) is 2. The van der Waals surface area contributed by atoms with Crippen molar-refractivity contribution in [2.75, 3.05) is 38.2 Å². The van der Waals surface area contributed by atoms with Crippen LogP contribution < -0.4 is 4.72 Å². The lowest BCUT2D eigenvalue weighted by Gasteiger charge is -2.46. The van der Waals surface area contributed by atoms with Crippen LogP contribution in [0, 0.1) is 0 Å². The van der Waals surface area contributed by atoms with Crippen LogP contribution in [0.4, 0.5) is 0 Å². The fraction of sp³-hybridized carbons (Fsp3) is 0.684. The molecule has 2 aliphatic heterocycles. The number of hydrogen-bond donors (Lipinski definition) is 1. The average molecular weight is 430 g/mol. The van der Waals surface area contributed by atoms with E-state index in [2.05, 4.69) is 27.8 Å². The zero-order valence-corrected chi connectivity index (χ0v) is 18.3. The van der Waals surface area contributed by atoms with E-state index in [-0.39, 0.29) is 30.9 Å². The van der Waals surface area contributed by atoms with Crippen molar-refractivity contribution < 1.29 is 16.8 Å². The standard InChI is InChI=1S/C19H31N3O4S2/c1-3-14-28(25,26)22(13-10-20-27(2,23)24)17-9-12-21-11-8-16-6-4-5-7-18(16)19(21)15-17/h4-7,17,19-20H,3,8-15H2,1-2H3/t17-,19+/m0/s1. The lowest BCUT2D eigenvalue weighted by atomic mass is 9.85. The number of sulfonamides is 2. The van der Waals surface area contributed by atoms with Gasteiger partial charge in [-0.25, -0.2) is 21.6 Å². The molecule has 158 valence electrons. The summed E-state index contributed by atoms with van der Waals surface area (Å²) in [6.45, 7) is 4.00. The number of benzene rings is 1. The summed E-state index contributed by atoms with van der Waals surface area (Å²) in [5, 5.41) is 0. The van der Waals surface area contributed by atoms with Crippen LogP contribution in [-0.4, -0.2) is 70.3 Å². The minimum atomic E-state index is -3.43. The zero-order chi connectivity index (χ0) is 20.4. The molecule has 2 atom stereocenters. The largest absolute Gasteiger partial charge is 0.296 e. The first-order valence-corrected chi connectivity index (χ1v) is 13.5. The van der Waals surface area contributed by atoms with E-state index in [4.69, 9.17) is 0 Å². The van der Waals surface area contributed by atoms with E-state index in [0.717, 1.165) is 38.6 Å². The lowest BCUT2D eigenvalue weighted by Crippen LogP contribution is -2.52. The molecule has 3 rings (SSSR count). The minimum absolute atomic E-state index is 0.0906. The van der Waals surface area contributed by atoms with Gasteiger partial charge in [-0.2, -0.15) is 4.31 Å². The third-order valence-electron chi connectivity index (χ3n) is 5.69. The number of piperidine rings is 1. The summed E-state index contributed by atoms with van der Waals surface area (Å²) in [5.41, 5.74) is 2.66. The number of rotatable bonds is 8. The molecule has 0 spiro atoms. The summed E-state index contributed by atoms with van der Waals surface area (Å²) < 4.78 is 52.7. The van der Waals surface area contributed by atoms with Crippen LogP contribution in [-0.2, 0) is 26.5 Å². The maximum absolute atomic E-state index is 12.9. The Labute approximate surface area is 169 Å². The van der Waals surface area contributed by atoms with Gasteiger partial charge in [0.05, 0.1) is 12.0 Å². The predicted octanol–water partition coefficient (Wildman–Crippen LogP) is 1.34. The van der Waals surface area contributed by atoms with Gasteiger partial charge in [0.1, 0.15) is 0 Å². The minimum Gasteiger partial charge on any atom is -0.296 e. The number of nitrogens with one attached hydrogen (secondary N) is 1. The van der Waals surface area contributed by atoms with Gasteiger partial charge in [0.2, 0.25) is 20.0 Å². The van der Waals surface area contributed by atoms with Crippen molar-refractivity contribution in [2.45, 2.75) is 44.7 Å². The zero-order valence-electron chi connectivity index (χ0n) is 16.7. The molecule has 0 amide bonds. The van der Waals surface area contributed by atoms with Gasteiger partial charge in [-0.3, -0.25) is 4.90 Å². The summed E-state index contributed by atoms with van der Waals surface area (Å²) in [6, 6.07) is 8.55. The molecule has 1 aromatic rings. The molecule has 28 heavy (non-hydrogen) atoms. The summed E-state index contributed by atoms with van der Waals surface area (Å²) >= 11 is 0. The Bertz CT molecular complexity index is 886. The molecule has 0 aliphatic carbocycles. The average Bonchev–Trinajstić information content (AvgIpc) is 2.64. The van der Waals surface area contributed by atoms with Gasteiger partial charge in [0.25, 0.3) is 0 Å². The molecule has 9 heteroatoms. The topological polar surface area (TPSA) is 86.8 Å². The monoisotopic (exact) mass is 429 g/mol. The quantitative estimate of drug-likeness (QED) is 0.674. The summed E-state index contributed by atoms with van der Waals surface area (Å²) in [7, 11) is -6.77. The van der Waals surface area contributed by atoms with E-state index in [1.807, 2.05) is 13.0 Å². The second-order valence-corrected chi connectivity index (χ2v) is 11.6. The molecule has 2 heterocycles. The van der Waals surface area contributed by atoms with Crippen molar-refractivity contribution in [3.63, 3.8) is 0 Å². The lowest BCUT2D eigenvalue weighted by molar-refractivity contribution is 0.0911. The van der Waals surface area contributed by atoms with Crippen LogP contribution in [0.3, 0.4) is 0 Å². The first kappa shape index (κ1) is 21.7. The van der Waals surface area contributed by atoms with Crippen molar-refractivity contribution in [1.82, 2.24) is 13.9 Å². The van der Waals surface area contributed by atoms with Crippen LogP contribution in [0.15, 0.2) is 24.3 Å². The fourth-order valence-corrected chi connectivity index (χ4v) is 6.69. The fourth-order valence-electron chi connectivity index (χ4n) is 4.46. The molecule has 0 bridgehead atoms. The van der Waals surface area contributed by atoms with Gasteiger partial charge < -0.3 is 0 Å². The predicted molar refractivity (Wildman–Crippen MR) is 111 cm³/mol. The van der Waals surface area contributed by atoms with Crippen molar-refractivity contribution in [2.24, 2.45) is 0 Å². The first-order chi connectivity index (χ1) is 13.2. The molecule has 0 unspecified atom stereocenters. The van der Waals surface area contributed by atoms with E-state index in [0.29, 0.717) is 6.42 Å². The molecular weight excluding hydrogens is 398 g/mol. The van der Waals surface area contributed by atoms with Gasteiger partial charge in [-0.1, -0.05) is 31.2 Å². The van der Waals surface area contributed by atoms with Crippen LogP contribution in [0.25, 0.3) is 0 Å². The SMILES string of the molecule is CCCS(=O)(=O)N(CCNS(C)(=O)=O)[C@H]1CCN2CCc3ccccc3[C@H]2C1. The highest BCUT2D eigenvalue weighted by Gasteiger charge is 2.38. The van der Waals surface area contributed by atoms with E-state index < -0.39 is 20.0 Å². The number of hydrogen-bond acceptors (Lipinski definition) is 5. The Morgan fingerprint density at radius 2 is 1.93 bits per heavy atom. The normalized spacial score (nSPS) is 23.4. The molecule has 0 saturated carbocycles. The van der Waals surface area contributed by atoms with Gasteiger partial charge in [-0.05, 0) is 36.8 Å². The van der Waals surface area contributed by atoms with Crippen LogP contribution in [0.5, 0.6) is 0 Å². The molecule has 1 N–H and O–H groups in total. The van der Waals surface area contributed by atoms with Gasteiger partial charge in [0.15, 0.2) is 0 Å². The smallest absolute Gasteiger partial charge is 0.214 e. The highest BCUT2D eigenvalue weighted by Crippen LogP contribution is 2.38. The van der Waals surface area contributed by atoms with E-state index in [1.54, 1.807) is 4.31 Å². The summed E-state index contributed by atoms with van der Waals surface area (Å²) in [4.78, 5) is 2.46. The van der Waals surface area contributed by atoms with Crippen LogP contribution in [0.2, 0.25) is 0 Å². The molecule has 0 radical (unpaired) electrons. The van der Waals surface area contributed by atoms with Crippen molar-refractivity contribution in [1.29, 1.82) is 0 Å². The maximum atomic E-state index is 12.9. The highest BCUT2D eigenvalue weighted by atomic mass is 32.2. The molecule has 1 aromatic carbocycles. The summed E-state index contributed by atoms with van der Waals surface area (Å²) in [5.74, 6) is 0.0906. The van der Waals surface area contributed by atoms with Gasteiger partial charge >= 0.3 is 0 Å². The highest BCUT2D eigenvalue weighted by molar-refractivity contribution is 7.89. The first-order valence-electron chi connectivity index (χ1n) is 9.97. The Morgan fingerprint density at radius 1 is 1.18 bits per heavy atom. The Balaban J connectivity index is 1.80.